The minimum Gasteiger partial charge on any atom is -0.273 e. The van der Waals surface area contributed by atoms with Gasteiger partial charge in [-0.3, -0.25) is 4.79 Å². The van der Waals surface area contributed by atoms with Crippen LogP contribution in [0.1, 0.15) is 50.5 Å². The van der Waals surface area contributed by atoms with E-state index in [1.165, 1.54) is 6.92 Å². The Morgan fingerprint density at radius 3 is 2.12 bits per heavy atom. The fourth-order valence-electron chi connectivity index (χ4n) is 4.55. The van der Waals surface area contributed by atoms with Gasteiger partial charge in [-0.05, 0) is 31.2 Å². The summed E-state index contributed by atoms with van der Waals surface area (Å²) in [5.41, 5.74) is -4.77. The molecule has 1 heterocycles. The van der Waals surface area contributed by atoms with Crippen molar-refractivity contribution in [3.05, 3.63) is 35.9 Å². The van der Waals surface area contributed by atoms with Crippen molar-refractivity contribution in [2.45, 2.75) is 56.5 Å². The zero-order valence-electron chi connectivity index (χ0n) is 14.4. The van der Waals surface area contributed by atoms with Gasteiger partial charge in [-0.15, -0.1) is 0 Å². The molecular formula is C18H22F3NO3S. The molecule has 144 valence electrons. The van der Waals surface area contributed by atoms with Gasteiger partial charge >= 0.3 is 15.5 Å². The van der Waals surface area contributed by atoms with Crippen LogP contribution in [0, 0.1) is 11.8 Å². The quantitative estimate of drug-likeness (QED) is 0.784. The van der Waals surface area contributed by atoms with Gasteiger partial charge in [0.1, 0.15) is 0 Å². The van der Waals surface area contributed by atoms with Crippen molar-refractivity contribution in [3.63, 3.8) is 0 Å². The Hall–Kier alpha value is -1.57. The van der Waals surface area contributed by atoms with Gasteiger partial charge < -0.3 is 0 Å². The second-order valence-corrected chi connectivity index (χ2v) is 8.99. The van der Waals surface area contributed by atoms with E-state index >= 15 is 0 Å². The first-order chi connectivity index (χ1) is 12.2. The van der Waals surface area contributed by atoms with Crippen LogP contribution in [0.3, 0.4) is 0 Å². The molecule has 1 aliphatic carbocycles. The van der Waals surface area contributed by atoms with Gasteiger partial charge in [-0.25, -0.2) is 4.31 Å². The summed E-state index contributed by atoms with van der Waals surface area (Å²) in [7, 11) is -5.70. The Labute approximate surface area is 151 Å². The number of hydrogen-bond acceptors (Lipinski definition) is 3. The molecule has 0 radical (unpaired) electrons. The second kappa shape index (κ2) is 6.87. The number of carbonyl (C=O) groups excluding carboxylic acids is 1. The second-order valence-electron chi connectivity index (χ2n) is 7.19. The fourth-order valence-corrected chi connectivity index (χ4v) is 5.70. The summed E-state index contributed by atoms with van der Waals surface area (Å²) >= 11 is 0. The van der Waals surface area contributed by atoms with Crippen LogP contribution < -0.4 is 0 Å². The first-order valence-corrected chi connectivity index (χ1v) is 10.3. The standard InChI is InChI=1S/C18H22F3NO3S/c1-12-15(13-8-4-2-5-9-13)16(14-10-6-3-7-11-14)17(23)22(12)26(24,25)18(19,20)21/h2,4-5,8-9,12,14-16H,3,6-7,10-11H2,1H3/t12-,15+,16?/m1/s1. The lowest BCUT2D eigenvalue weighted by Gasteiger charge is -2.30. The summed E-state index contributed by atoms with van der Waals surface area (Å²) in [6, 6.07) is 7.74. The minimum atomic E-state index is -5.70. The highest BCUT2D eigenvalue weighted by Crippen LogP contribution is 2.49. The number of hydrogen-bond donors (Lipinski definition) is 0. The summed E-state index contributed by atoms with van der Waals surface area (Å²) < 4.78 is 63.7. The van der Waals surface area contributed by atoms with E-state index in [1.54, 1.807) is 30.3 Å². The number of amides is 1. The summed E-state index contributed by atoms with van der Waals surface area (Å²) in [5.74, 6) is -2.29. The lowest BCUT2D eigenvalue weighted by Crippen LogP contribution is -2.46. The number of rotatable bonds is 3. The third-order valence-electron chi connectivity index (χ3n) is 5.67. The van der Waals surface area contributed by atoms with Gasteiger partial charge in [0, 0.05) is 5.92 Å². The molecule has 0 aromatic heterocycles. The predicted molar refractivity (Wildman–Crippen MR) is 90.5 cm³/mol. The molecule has 3 atom stereocenters. The van der Waals surface area contributed by atoms with Crippen molar-refractivity contribution in [2.24, 2.45) is 11.8 Å². The van der Waals surface area contributed by atoms with Crippen LogP contribution in [0.4, 0.5) is 13.2 Å². The van der Waals surface area contributed by atoms with Crippen molar-refractivity contribution in [1.82, 2.24) is 4.31 Å². The van der Waals surface area contributed by atoms with Crippen LogP contribution in [0.2, 0.25) is 0 Å². The fraction of sp³-hybridized carbons (Fsp3) is 0.611. The Bertz CT molecular complexity index is 758. The number of benzene rings is 1. The van der Waals surface area contributed by atoms with E-state index in [9.17, 15) is 26.4 Å². The maximum Gasteiger partial charge on any atom is 0.516 e. The summed E-state index contributed by atoms with van der Waals surface area (Å²) in [6.45, 7) is 1.40. The van der Waals surface area contributed by atoms with E-state index in [-0.39, 0.29) is 10.2 Å². The molecule has 4 nitrogen and oxygen atoms in total. The zero-order valence-corrected chi connectivity index (χ0v) is 15.3. The molecule has 2 fully saturated rings. The van der Waals surface area contributed by atoms with Crippen molar-refractivity contribution in [2.75, 3.05) is 0 Å². The molecule has 1 aromatic carbocycles. The number of carbonyl (C=O) groups is 1. The summed E-state index contributed by atoms with van der Waals surface area (Å²) in [5, 5.41) is 0. The third-order valence-corrected chi connectivity index (χ3v) is 7.29. The highest BCUT2D eigenvalue weighted by Gasteiger charge is 2.61. The van der Waals surface area contributed by atoms with E-state index in [4.69, 9.17) is 0 Å². The molecule has 26 heavy (non-hydrogen) atoms. The number of alkyl halides is 3. The Morgan fingerprint density at radius 2 is 1.58 bits per heavy atom. The number of sulfonamides is 1. The lowest BCUT2D eigenvalue weighted by atomic mass is 9.72. The van der Waals surface area contributed by atoms with E-state index in [0.717, 1.165) is 32.1 Å². The minimum absolute atomic E-state index is 0.0858. The Balaban J connectivity index is 2.07. The van der Waals surface area contributed by atoms with Crippen LogP contribution in [-0.2, 0) is 14.8 Å². The Morgan fingerprint density at radius 1 is 1.00 bits per heavy atom. The molecule has 1 aliphatic heterocycles. The van der Waals surface area contributed by atoms with Gasteiger partial charge in [-0.1, -0.05) is 49.6 Å². The topological polar surface area (TPSA) is 54.5 Å². The molecule has 1 saturated heterocycles. The molecule has 3 rings (SSSR count). The first kappa shape index (κ1) is 19.2. The van der Waals surface area contributed by atoms with Crippen molar-refractivity contribution < 1.29 is 26.4 Å². The van der Waals surface area contributed by atoms with Gasteiger partial charge in [-0.2, -0.15) is 21.6 Å². The van der Waals surface area contributed by atoms with Gasteiger partial charge in [0.2, 0.25) is 5.91 Å². The van der Waals surface area contributed by atoms with Gasteiger partial charge in [0.25, 0.3) is 0 Å². The van der Waals surface area contributed by atoms with Crippen molar-refractivity contribution >= 4 is 15.9 Å². The molecule has 0 N–H and O–H groups in total. The van der Waals surface area contributed by atoms with Crippen LogP contribution in [-0.4, -0.2) is 30.2 Å². The first-order valence-electron chi connectivity index (χ1n) is 8.85. The smallest absolute Gasteiger partial charge is 0.273 e. The molecule has 1 unspecified atom stereocenters. The average molecular weight is 389 g/mol. The van der Waals surface area contributed by atoms with Crippen molar-refractivity contribution in [3.8, 4) is 0 Å². The van der Waals surface area contributed by atoms with Crippen molar-refractivity contribution in [1.29, 1.82) is 0 Å². The average Bonchev–Trinajstić information content (AvgIpc) is 2.86. The SMILES string of the molecule is C[C@@H]1[C@@H](c2ccccc2)C(C2CCCCC2)C(=O)N1S(=O)(=O)C(F)(F)F. The third kappa shape index (κ3) is 3.12. The van der Waals surface area contributed by atoms with E-state index in [0.29, 0.717) is 5.56 Å². The zero-order chi connectivity index (χ0) is 19.1. The number of nitrogens with zero attached hydrogens (tertiary/aromatic N) is 1. The maximum atomic E-state index is 13.1. The maximum absolute atomic E-state index is 13.1. The van der Waals surface area contributed by atoms with Crippen LogP contribution in [0.5, 0.6) is 0 Å². The molecule has 1 saturated carbocycles. The number of halogens is 3. The van der Waals surface area contributed by atoms with Gasteiger partial charge in [0.15, 0.2) is 0 Å². The van der Waals surface area contributed by atoms with E-state index in [2.05, 4.69) is 0 Å². The molecule has 0 bridgehead atoms. The monoisotopic (exact) mass is 389 g/mol. The molecule has 0 spiro atoms. The predicted octanol–water partition coefficient (Wildman–Crippen LogP) is 4.05. The normalized spacial score (nSPS) is 28.5. The Kier molecular flexibility index (Phi) is 5.07. The molecule has 1 amide bonds. The summed E-state index contributed by atoms with van der Waals surface area (Å²) in [4.78, 5) is 12.9. The molecule has 8 heteroatoms. The molecule has 2 aliphatic rings. The largest absolute Gasteiger partial charge is 0.516 e. The summed E-state index contributed by atoms with van der Waals surface area (Å²) in [6.07, 6.45) is 4.35. The van der Waals surface area contributed by atoms with E-state index < -0.39 is 39.3 Å². The lowest BCUT2D eigenvalue weighted by molar-refractivity contribution is -0.130. The molecular weight excluding hydrogens is 367 g/mol. The highest BCUT2D eigenvalue weighted by molar-refractivity contribution is 7.90. The van der Waals surface area contributed by atoms with Crippen LogP contribution in [0.15, 0.2) is 30.3 Å². The van der Waals surface area contributed by atoms with Gasteiger partial charge in [0.05, 0.1) is 12.0 Å². The van der Waals surface area contributed by atoms with E-state index in [1.807, 2.05) is 0 Å². The highest BCUT2D eigenvalue weighted by atomic mass is 32.2. The van der Waals surface area contributed by atoms with Crippen LogP contribution in [0.25, 0.3) is 0 Å². The molecule has 1 aromatic rings. The van der Waals surface area contributed by atoms with Crippen LogP contribution >= 0.6 is 0 Å².